The van der Waals surface area contributed by atoms with Gasteiger partial charge in [-0.05, 0) is 80.4 Å². The van der Waals surface area contributed by atoms with Crippen LogP contribution in [0.15, 0.2) is 59.8 Å². The van der Waals surface area contributed by atoms with Gasteiger partial charge in [0.25, 0.3) is 0 Å². The van der Waals surface area contributed by atoms with Crippen molar-refractivity contribution in [2.24, 2.45) is 0 Å². The number of rotatable bonds is 18. The van der Waals surface area contributed by atoms with Crippen molar-refractivity contribution in [2.45, 2.75) is 50.2 Å². The minimum atomic E-state index is -1.14. The lowest BCUT2D eigenvalue weighted by Gasteiger charge is -2.20. The van der Waals surface area contributed by atoms with Crippen LogP contribution in [-0.2, 0) is 4.74 Å². The van der Waals surface area contributed by atoms with E-state index in [1.54, 1.807) is 31.3 Å². The lowest BCUT2D eigenvalue weighted by atomic mass is 10.0. The van der Waals surface area contributed by atoms with Gasteiger partial charge in [0.05, 0.1) is 4.92 Å². The maximum Gasteiger partial charge on any atom is 0.534 e. The Kier molecular flexibility index (Phi) is 14.8. The fourth-order valence-corrected chi connectivity index (χ4v) is 6.28. The first-order valence-electron chi connectivity index (χ1n) is 14.7. The average Bonchev–Trinajstić information content (AvgIpc) is 3.36. The van der Waals surface area contributed by atoms with E-state index >= 15 is 0 Å². The van der Waals surface area contributed by atoms with E-state index in [1.165, 1.54) is 44.8 Å². The molecule has 0 saturated heterocycles. The summed E-state index contributed by atoms with van der Waals surface area (Å²) in [5.74, 6) is 0.0939. The number of nitrogens with zero attached hydrogens (tertiary/aromatic N) is 5. The van der Waals surface area contributed by atoms with Crippen LogP contribution in [0.5, 0.6) is 17.5 Å². The predicted octanol–water partition coefficient (Wildman–Crippen LogP) is 6.28. The van der Waals surface area contributed by atoms with E-state index in [9.17, 15) is 29.9 Å². The number of carbonyl (C=O) groups is 2. The van der Waals surface area contributed by atoms with E-state index in [1.807, 2.05) is 7.05 Å². The number of pyridine rings is 1. The van der Waals surface area contributed by atoms with E-state index in [2.05, 4.69) is 16.8 Å². The van der Waals surface area contributed by atoms with Gasteiger partial charge in [0.2, 0.25) is 11.8 Å². The van der Waals surface area contributed by atoms with Crippen LogP contribution >= 0.6 is 21.6 Å². The fourth-order valence-electron chi connectivity index (χ4n) is 4.11. The third-order valence-electron chi connectivity index (χ3n) is 6.82. The molecule has 0 aliphatic carbocycles. The molecule has 3 rings (SSSR count). The summed E-state index contributed by atoms with van der Waals surface area (Å²) in [6.07, 6.45) is 2.65. The van der Waals surface area contributed by atoms with E-state index in [0.29, 0.717) is 40.5 Å². The molecule has 46 heavy (non-hydrogen) atoms. The first kappa shape index (κ1) is 36.3. The zero-order valence-corrected chi connectivity index (χ0v) is 27.6. The van der Waals surface area contributed by atoms with Crippen molar-refractivity contribution in [2.75, 3.05) is 39.5 Å². The minimum absolute atomic E-state index is 0.0309. The SMILES string of the molecule is CCN(C)CCCN(C)C(=O)Oc1ccc(C(CCCCCSSc2ncccc2[N+](=O)[O-])OC(=O)On2c(O)ccc2O)cc1. The summed E-state index contributed by atoms with van der Waals surface area (Å²) < 4.78 is 11.6. The van der Waals surface area contributed by atoms with E-state index in [4.69, 9.17) is 14.3 Å². The van der Waals surface area contributed by atoms with E-state index < -0.39 is 35.0 Å². The van der Waals surface area contributed by atoms with Gasteiger partial charge in [-0.1, -0.05) is 36.3 Å². The molecular weight excluding hydrogens is 638 g/mol. The number of ether oxygens (including phenoxy) is 2. The molecule has 1 atom stereocenters. The first-order chi connectivity index (χ1) is 22.1. The molecule has 0 saturated carbocycles. The summed E-state index contributed by atoms with van der Waals surface area (Å²) in [6.45, 7) is 4.41. The molecule has 0 fully saturated rings. The topological polar surface area (TPSA) is 170 Å². The van der Waals surface area contributed by atoms with Gasteiger partial charge in [0, 0.05) is 43.7 Å². The van der Waals surface area contributed by atoms with Gasteiger partial charge < -0.3 is 29.5 Å². The van der Waals surface area contributed by atoms with Crippen molar-refractivity contribution in [3.8, 4) is 17.5 Å². The molecule has 250 valence electrons. The molecule has 0 bridgehead atoms. The molecule has 0 aliphatic heterocycles. The van der Waals surface area contributed by atoms with Gasteiger partial charge in [-0.25, -0.2) is 14.6 Å². The Morgan fingerprint density at radius 1 is 1.02 bits per heavy atom. The molecule has 2 aromatic heterocycles. The van der Waals surface area contributed by atoms with Crippen molar-refractivity contribution in [1.82, 2.24) is 19.5 Å². The van der Waals surface area contributed by atoms with Crippen LogP contribution < -0.4 is 9.57 Å². The third-order valence-corrected chi connectivity index (χ3v) is 9.20. The molecule has 2 N–H and O–H groups in total. The second-order valence-corrected chi connectivity index (χ2v) is 12.6. The highest BCUT2D eigenvalue weighted by Crippen LogP contribution is 2.36. The van der Waals surface area contributed by atoms with Crippen LogP contribution in [0.1, 0.15) is 50.7 Å². The summed E-state index contributed by atoms with van der Waals surface area (Å²) in [5.41, 5.74) is 0.595. The standard InChI is InChI=1S/C30H39N5O9S2/c1-4-32(2)19-9-20-33(3)29(38)42-23-14-12-22(13-15-23)25(43-30(39)44-34-26(36)16-17-27(34)37)11-6-5-7-21-45-46-28-24(35(40)41)10-8-18-31-28/h8,10,12-18,25,36-37H,4-7,9,11,19-21H2,1-3H3. The second kappa shape index (κ2) is 18.7. The Morgan fingerprint density at radius 2 is 1.74 bits per heavy atom. The van der Waals surface area contributed by atoms with Gasteiger partial charge in [-0.15, -0.1) is 4.73 Å². The van der Waals surface area contributed by atoms with Crippen LogP contribution in [-0.4, -0.2) is 86.4 Å². The van der Waals surface area contributed by atoms with Gasteiger partial charge in [-0.3, -0.25) is 15.0 Å². The first-order valence-corrected chi connectivity index (χ1v) is 17.0. The van der Waals surface area contributed by atoms with Crippen molar-refractivity contribution in [3.05, 3.63) is 70.4 Å². The normalized spacial score (nSPS) is 11.7. The van der Waals surface area contributed by atoms with Crippen molar-refractivity contribution < 1.29 is 39.0 Å². The number of benzene rings is 1. The average molecular weight is 678 g/mol. The Morgan fingerprint density at radius 3 is 2.41 bits per heavy atom. The summed E-state index contributed by atoms with van der Waals surface area (Å²) in [6, 6.07) is 11.9. The number of aromatic hydroxyl groups is 2. The quantitative estimate of drug-likeness (QED) is 0.0507. The summed E-state index contributed by atoms with van der Waals surface area (Å²) in [5, 5.41) is 31.1. The molecule has 0 spiro atoms. The van der Waals surface area contributed by atoms with Crippen LogP contribution in [0, 0.1) is 10.1 Å². The van der Waals surface area contributed by atoms with Gasteiger partial charge >= 0.3 is 17.9 Å². The van der Waals surface area contributed by atoms with Crippen molar-refractivity contribution in [3.63, 3.8) is 0 Å². The maximum absolute atomic E-state index is 12.6. The second-order valence-electron chi connectivity index (χ2n) is 10.2. The minimum Gasteiger partial charge on any atom is -0.492 e. The molecule has 1 unspecified atom stereocenters. The zero-order valence-electron chi connectivity index (χ0n) is 25.9. The Bertz CT molecular complexity index is 1400. The monoisotopic (exact) mass is 677 g/mol. The van der Waals surface area contributed by atoms with Crippen LogP contribution in [0.4, 0.5) is 15.3 Å². The Labute approximate surface area is 275 Å². The van der Waals surface area contributed by atoms with Crippen LogP contribution in [0.25, 0.3) is 0 Å². The van der Waals surface area contributed by atoms with E-state index in [-0.39, 0.29) is 5.69 Å². The summed E-state index contributed by atoms with van der Waals surface area (Å²) in [7, 11) is 6.42. The van der Waals surface area contributed by atoms with Crippen molar-refractivity contribution >= 4 is 39.5 Å². The number of amides is 1. The number of carbonyl (C=O) groups excluding carboxylic acids is 2. The van der Waals surface area contributed by atoms with Gasteiger partial charge in [0.15, 0.2) is 5.03 Å². The third kappa shape index (κ3) is 11.7. The molecular formula is C30H39N5O9S2. The molecule has 0 aliphatic rings. The largest absolute Gasteiger partial charge is 0.534 e. The van der Waals surface area contributed by atoms with Gasteiger partial charge in [0.1, 0.15) is 11.9 Å². The molecule has 0 radical (unpaired) electrons. The molecule has 2 heterocycles. The van der Waals surface area contributed by atoms with Crippen LogP contribution in [0.3, 0.4) is 0 Å². The summed E-state index contributed by atoms with van der Waals surface area (Å²) in [4.78, 5) is 48.6. The molecule has 14 nitrogen and oxygen atoms in total. The highest BCUT2D eigenvalue weighted by molar-refractivity contribution is 8.76. The Hall–Kier alpha value is -4.15. The van der Waals surface area contributed by atoms with E-state index in [0.717, 1.165) is 50.2 Å². The fraction of sp³-hybridized carbons (Fsp3) is 0.433. The number of hydrogen-bond donors (Lipinski definition) is 2. The molecule has 3 aromatic rings. The number of aromatic nitrogens is 2. The number of nitro groups is 1. The molecule has 1 amide bonds. The molecule has 16 heteroatoms. The maximum atomic E-state index is 12.6. The molecule has 1 aromatic carbocycles. The number of unbranched alkanes of at least 4 members (excludes halogenated alkanes) is 2. The van der Waals surface area contributed by atoms with Crippen LogP contribution in [0.2, 0.25) is 0 Å². The predicted molar refractivity (Wildman–Crippen MR) is 174 cm³/mol. The highest BCUT2D eigenvalue weighted by atomic mass is 33.1. The lowest BCUT2D eigenvalue weighted by Crippen LogP contribution is -2.32. The smallest absolute Gasteiger partial charge is 0.492 e. The zero-order chi connectivity index (χ0) is 33.5. The Balaban J connectivity index is 1.55. The number of hydrogen-bond acceptors (Lipinski definition) is 13. The summed E-state index contributed by atoms with van der Waals surface area (Å²) >= 11 is 0. The van der Waals surface area contributed by atoms with Crippen molar-refractivity contribution in [1.29, 1.82) is 0 Å². The highest BCUT2D eigenvalue weighted by Gasteiger charge is 2.21. The lowest BCUT2D eigenvalue weighted by molar-refractivity contribution is -0.388. The van der Waals surface area contributed by atoms with Gasteiger partial charge in [-0.2, -0.15) is 0 Å².